The summed E-state index contributed by atoms with van der Waals surface area (Å²) in [5.74, 6) is 1.71. The first kappa shape index (κ1) is 14.8. The molecule has 0 aromatic heterocycles. The number of nitrogens with one attached hydrogen (secondary N) is 2. The fourth-order valence-electron chi connectivity index (χ4n) is 1.04. The van der Waals surface area contributed by atoms with Crippen LogP contribution in [-0.4, -0.2) is 36.5 Å². The first-order valence-corrected chi connectivity index (χ1v) is 6.75. The molecule has 0 bridgehead atoms. The lowest BCUT2D eigenvalue weighted by Crippen LogP contribution is -2.44. The van der Waals surface area contributed by atoms with Crippen LogP contribution in [0.2, 0.25) is 0 Å². The Hall–Kier alpha value is -0.220. The van der Waals surface area contributed by atoms with Crippen molar-refractivity contribution in [3.05, 3.63) is 0 Å². The van der Waals surface area contributed by atoms with Gasteiger partial charge in [-0.25, -0.2) is 0 Å². The molecule has 0 spiro atoms. The molecule has 2 N–H and O–H groups in total. The molecule has 90 valence electrons. The standard InChI is InChI=1S/C11H24N2OS/c1-9(8-15-5)6-12-10(14)7-13-11(2,3)4/h9,13H,6-8H2,1-5H3,(H,12,14). The lowest BCUT2D eigenvalue weighted by atomic mass is 10.1. The molecule has 0 aliphatic carbocycles. The van der Waals surface area contributed by atoms with Gasteiger partial charge in [0.05, 0.1) is 6.54 Å². The maximum absolute atomic E-state index is 11.4. The second-order valence-electron chi connectivity index (χ2n) is 4.97. The molecular formula is C11H24N2OS. The lowest BCUT2D eigenvalue weighted by Gasteiger charge is -2.20. The van der Waals surface area contributed by atoms with Crippen molar-refractivity contribution in [3.8, 4) is 0 Å². The average Bonchev–Trinajstić information content (AvgIpc) is 2.11. The van der Waals surface area contributed by atoms with Crippen molar-refractivity contribution in [2.24, 2.45) is 5.92 Å². The Morgan fingerprint density at radius 3 is 2.47 bits per heavy atom. The van der Waals surface area contributed by atoms with Crippen LogP contribution in [-0.2, 0) is 4.79 Å². The molecule has 0 aromatic rings. The monoisotopic (exact) mass is 232 g/mol. The van der Waals surface area contributed by atoms with E-state index in [0.29, 0.717) is 12.5 Å². The van der Waals surface area contributed by atoms with Gasteiger partial charge < -0.3 is 10.6 Å². The van der Waals surface area contributed by atoms with Crippen LogP contribution in [0.25, 0.3) is 0 Å². The van der Waals surface area contributed by atoms with Crippen LogP contribution in [0.1, 0.15) is 27.7 Å². The van der Waals surface area contributed by atoms with Gasteiger partial charge in [-0.15, -0.1) is 0 Å². The molecule has 15 heavy (non-hydrogen) atoms. The van der Waals surface area contributed by atoms with E-state index in [1.54, 1.807) is 0 Å². The van der Waals surface area contributed by atoms with Gasteiger partial charge in [0.2, 0.25) is 5.91 Å². The highest BCUT2D eigenvalue weighted by atomic mass is 32.2. The molecule has 3 nitrogen and oxygen atoms in total. The summed E-state index contributed by atoms with van der Waals surface area (Å²) in [6.07, 6.45) is 2.08. The van der Waals surface area contributed by atoms with E-state index in [1.807, 2.05) is 11.8 Å². The Balaban J connectivity index is 3.58. The molecule has 1 atom stereocenters. The molecule has 0 saturated heterocycles. The van der Waals surface area contributed by atoms with E-state index >= 15 is 0 Å². The topological polar surface area (TPSA) is 41.1 Å². The largest absolute Gasteiger partial charge is 0.355 e. The van der Waals surface area contributed by atoms with E-state index in [0.717, 1.165) is 12.3 Å². The third kappa shape index (κ3) is 10.1. The summed E-state index contributed by atoms with van der Waals surface area (Å²) in [5.41, 5.74) is 0.00221. The van der Waals surface area contributed by atoms with Crippen LogP contribution < -0.4 is 10.6 Å². The van der Waals surface area contributed by atoms with E-state index in [2.05, 4.69) is 44.6 Å². The highest BCUT2D eigenvalue weighted by molar-refractivity contribution is 7.98. The van der Waals surface area contributed by atoms with Crippen molar-refractivity contribution in [2.75, 3.05) is 25.1 Å². The molecular weight excluding hydrogens is 208 g/mol. The van der Waals surface area contributed by atoms with Gasteiger partial charge in [-0.05, 0) is 38.7 Å². The zero-order chi connectivity index (χ0) is 11.9. The van der Waals surface area contributed by atoms with Gasteiger partial charge in [0.1, 0.15) is 0 Å². The molecule has 0 aliphatic heterocycles. The van der Waals surface area contributed by atoms with Gasteiger partial charge >= 0.3 is 0 Å². The van der Waals surface area contributed by atoms with Crippen LogP contribution >= 0.6 is 11.8 Å². The summed E-state index contributed by atoms with van der Waals surface area (Å²) in [4.78, 5) is 11.4. The third-order valence-corrected chi connectivity index (χ3v) is 2.78. The summed E-state index contributed by atoms with van der Waals surface area (Å²) in [7, 11) is 0. The van der Waals surface area contributed by atoms with Crippen LogP contribution in [0, 0.1) is 5.92 Å². The fraction of sp³-hybridized carbons (Fsp3) is 0.909. The van der Waals surface area contributed by atoms with Gasteiger partial charge in [-0.3, -0.25) is 4.79 Å². The highest BCUT2D eigenvalue weighted by Gasteiger charge is 2.11. The molecule has 1 unspecified atom stereocenters. The average molecular weight is 232 g/mol. The Morgan fingerprint density at radius 2 is 2.00 bits per heavy atom. The van der Waals surface area contributed by atoms with Gasteiger partial charge in [0.15, 0.2) is 0 Å². The normalized spacial score (nSPS) is 13.7. The fourth-order valence-corrected chi connectivity index (χ4v) is 1.73. The molecule has 0 aromatic carbocycles. The van der Waals surface area contributed by atoms with Crippen LogP contribution in [0.3, 0.4) is 0 Å². The van der Waals surface area contributed by atoms with E-state index in [9.17, 15) is 4.79 Å². The first-order valence-electron chi connectivity index (χ1n) is 5.36. The summed E-state index contributed by atoms with van der Waals surface area (Å²) >= 11 is 1.81. The second-order valence-corrected chi connectivity index (χ2v) is 5.88. The molecule has 1 amide bonds. The minimum Gasteiger partial charge on any atom is -0.355 e. The van der Waals surface area contributed by atoms with Gasteiger partial charge in [0.25, 0.3) is 0 Å². The number of hydrogen-bond acceptors (Lipinski definition) is 3. The van der Waals surface area contributed by atoms with Gasteiger partial charge in [0, 0.05) is 12.1 Å². The van der Waals surface area contributed by atoms with Crippen LogP contribution in [0.4, 0.5) is 0 Å². The quantitative estimate of drug-likeness (QED) is 0.729. The minimum absolute atomic E-state index is 0.00221. The smallest absolute Gasteiger partial charge is 0.233 e. The predicted molar refractivity (Wildman–Crippen MR) is 68.3 cm³/mol. The Kier molecular flexibility index (Phi) is 7.02. The minimum atomic E-state index is 0.00221. The van der Waals surface area contributed by atoms with Crippen molar-refractivity contribution in [3.63, 3.8) is 0 Å². The SMILES string of the molecule is CSCC(C)CNC(=O)CNC(C)(C)C. The first-order chi connectivity index (χ1) is 6.85. The highest BCUT2D eigenvalue weighted by Crippen LogP contribution is 2.02. The third-order valence-electron chi connectivity index (χ3n) is 1.88. The predicted octanol–water partition coefficient (Wildman–Crippen LogP) is 1.49. The van der Waals surface area contributed by atoms with Gasteiger partial charge in [-0.1, -0.05) is 6.92 Å². The second kappa shape index (κ2) is 7.12. The summed E-state index contributed by atoms with van der Waals surface area (Å²) in [6.45, 7) is 9.47. The molecule has 0 radical (unpaired) electrons. The van der Waals surface area contributed by atoms with E-state index in [1.165, 1.54) is 0 Å². The number of thioether (sulfide) groups is 1. The summed E-state index contributed by atoms with van der Waals surface area (Å²) < 4.78 is 0. The number of carbonyl (C=O) groups is 1. The number of hydrogen-bond donors (Lipinski definition) is 2. The Morgan fingerprint density at radius 1 is 1.40 bits per heavy atom. The lowest BCUT2D eigenvalue weighted by molar-refractivity contribution is -0.120. The number of rotatable bonds is 6. The summed E-state index contributed by atoms with van der Waals surface area (Å²) in [5, 5.41) is 6.09. The Bertz CT molecular complexity index is 190. The Labute approximate surface area is 97.8 Å². The molecule has 0 rings (SSSR count). The van der Waals surface area contributed by atoms with Crippen molar-refractivity contribution in [1.82, 2.24) is 10.6 Å². The van der Waals surface area contributed by atoms with Gasteiger partial charge in [-0.2, -0.15) is 11.8 Å². The zero-order valence-electron chi connectivity index (χ0n) is 10.5. The number of carbonyl (C=O) groups excluding carboxylic acids is 1. The van der Waals surface area contributed by atoms with Crippen molar-refractivity contribution in [2.45, 2.75) is 33.2 Å². The zero-order valence-corrected chi connectivity index (χ0v) is 11.3. The van der Waals surface area contributed by atoms with Crippen molar-refractivity contribution >= 4 is 17.7 Å². The van der Waals surface area contributed by atoms with E-state index in [-0.39, 0.29) is 11.4 Å². The molecule has 0 heterocycles. The molecule has 4 heteroatoms. The maximum Gasteiger partial charge on any atom is 0.233 e. The summed E-state index contributed by atoms with van der Waals surface area (Å²) in [6, 6.07) is 0. The van der Waals surface area contributed by atoms with Crippen molar-refractivity contribution in [1.29, 1.82) is 0 Å². The number of amides is 1. The molecule has 0 aliphatic rings. The van der Waals surface area contributed by atoms with E-state index < -0.39 is 0 Å². The van der Waals surface area contributed by atoms with Crippen LogP contribution in [0.15, 0.2) is 0 Å². The molecule has 0 saturated carbocycles. The molecule has 0 fully saturated rings. The maximum atomic E-state index is 11.4. The van der Waals surface area contributed by atoms with E-state index in [4.69, 9.17) is 0 Å². The van der Waals surface area contributed by atoms with Crippen molar-refractivity contribution < 1.29 is 4.79 Å². The van der Waals surface area contributed by atoms with Crippen LogP contribution in [0.5, 0.6) is 0 Å².